The first kappa shape index (κ1) is 9.90. The first-order valence-corrected chi connectivity index (χ1v) is 5.48. The van der Waals surface area contributed by atoms with Crippen molar-refractivity contribution in [2.24, 2.45) is 5.92 Å². The Balaban J connectivity index is 2.13. The van der Waals surface area contributed by atoms with Gasteiger partial charge in [-0.2, -0.15) is 0 Å². The van der Waals surface area contributed by atoms with Gasteiger partial charge in [-0.15, -0.1) is 0 Å². The van der Waals surface area contributed by atoms with Crippen LogP contribution in [0.15, 0.2) is 16.7 Å². The Hall–Kier alpha value is -0.640. The molecule has 0 amide bonds. The molecule has 1 aromatic rings. The fourth-order valence-electron chi connectivity index (χ4n) is 1.46. The van der Waals surface area contributed by atoms with Gasteiger partial charge in [0, 0.05) is 24.3 Å². The quantitative estimate of drug-likeness (QED) is 0.829. The summed E-state index contributed by atoms with van der Waals surface area (Å²) >= 11 is 3.19. The topological polar surface area (TPSA) is 16.1 Å². The summed E-state index contributed by atoms with van der Waals surface area (Å²) in [5, 5.41) is 0. The predicted octanol–water partition coefficient (Wildman–Crippen LogP) is 2.83. The minimum atomic E-state index is -0.262. The van der Waals surface area contributed by atoms with Gasteiger partial charge >= 0.3 is 0 Å². The standard InChI is InChI=1S/C10H12BrFN2/c1-14(6-7-2-3-7)10-9(12)4-8(11)5-13-10/h4-5,7H,2-3,6H2,1H3. The number of anilines is 1. The maximum atomic E-state index is 13.4. The van der Waals surface area contributed by atoms with Gasteiger partial charge in [-0.25, -0.2) is 9.37 Å². The van der Waals surface area contributed by atoms with Crippen molar-refractivity contribution in [1.29, 1.82) is 0 Å². The number of hydrogen-bond donors (Lipinski definition) is 0. The van der Waals surface area contributed by atoms with Crippen LogP contribution in [0.4, 0.5) is 10.2 Å². The van der Waals surface area contributed by atoms with Gasteiger partial charge in [0.15, 0.2) is 11.6 Å². The summed E-state index contributed by atoms with van der Waals surface area (Å²) in [5.74, 6) is 0.924. The van der Waals surface area contributed by atoms with E-state index in [4.69, 9.17) is 0 Å². The molecule has 0 aromatic carbocycles. The lowest BCUT2D eigenvalue weighted by Crippen LogP contribution is -2.22. The molecular weight excluding hydrogens is 247 g/mol. The molecule has 0 N–H and O–H groups in total. The van der Waals surface area contributed by atoms with Crippen LogP contribution in [0.25, 0.3) is 0 Å². The molecule has 76 valence electrons. The highest BCUT2D eigenvalue weighted by molar-refractivity contribution is 9.10. The zero-order chi connectivity index (χ0) is 10.1. The molecule has 0 spiro atoms. The van der Waals surface area contributed by atoms with Gasteiger partial charge in [0.25, 0.3) is 0 Å². The predicted molar refractivity (Wildman–Crippen MR) is 57.9 cm³/mol. The molecule has 2 rings (SSSR count). The zero-order valence-corrected chi connectivity index (χ0v) is 9.59. The number of halogens is 2. The average Bonchev–Trinajstić information content (AvgIpc) is 2.87. The second-order valence-electron chi connectivity index (χ2n) is 3.78. The van der Waals surface area contributed by atoms with E-state index in [1.165, 1.54) is 18.9 Å². The van der Waals surface area contributed by atoms with Gasteiger partial charge in [0.2, 0.25) is 0 Å². The Bertz CT molecular complexity index is 339. The molecule has 4 heteroatoms. The maximum absolute atomic E-state index is 13.4. The zero-order valence-electron chi connectivity index (χ0n) is 8.00. The average molecular weight is 259 g/mol. The van der Waals surface area contributed by atoms with Crippen LogP contribution in [-0.4, -0.2) is 18.6 Å². The highest BCUT2D eigenvalue weighted by Crippen LogP contribution is 2.31. The number of rotatable bonds is 3. The van der Waals surface area contributed by atoms with Crippen molar-refractivity contribution in [2.75, 3.05) is 18.5 Å². The summed E-state index contributed by atoms with van der Waals surface area (Å²) in [7, 11) is 1.89. The molecule has 2 nitrogen and oxygen atoms in total. The molecule has 14 heavy (non-hydrogen) atoms. The van der Waals surface area contributed by atoms with Crippen molar-refractivity contribution < 1.29 is 4.39 Å². The van der Waals surface area contributed by atoms with E-state index in [2.05, 4.69) is 20.9 Å². The van der Waals surface area contributed by atoms with E-state index in [0.29, 0.717) is 10.3 Å². The number of aromatic nitrogens is 1. The van der Waals surface area contributed by atoms with Gasteiger partial charge in [0.05, 0.1) is 0 Å². The first-order valence-electron chi connectivity index (χ1n) is 4.69. The Morgan fingerprint density at radius 1 is 1.64 bits per heavy atom. The highest BCUT2D eigenvalue weighted by Gasteiger charge is 2.24. The van der Waals surface area contributed by atoms with Crippen LogP contribution in [0, 0.1) is 11.7 Å². The summed E-state index contributed by atoms with van der Waals surface area (Å²) in [6, 6.07) is 1.45. The van der Waals surface area contributed by atoms with Gasteiger partial charge in [-0.1, -0.05) is 0 Å². The molecule has 1 aliphatic carbocycles. The van der Waals surface area contributed by atoms with Crippen LogP contribution >= 0.6 is 15.9 Å². The highest BCUT2D eigenvalue weighted by atomic mass is 79.9. The molecule has 0 bridgehead atoms. The monoisotopic (exact) mass is 258 g/mol. The Kier molecular flexibility index (Phi) is 2.72. The smallest absolute Gasteiger partial charge is 0.166 e. The van der Waals surface area contributed by atoms with Crippen molar-refractivity contribution in [1.82, 2.24) is 4.98 Å². The van der Waals surface area contributed by atoms with Gasteiger partial charge in [0.1, 0.15) is 0 Å². The van der Waals surface area contributed by atoms with E-state index < -0.39 is 0 Å². The lowest BCUT2D eigenvalue weighted by Gasteiger charge is -2.18. The van der Waals surface area contributed by atoms with Crippen LogP contribution in [-0.2, 0) is 0 Å². The van der Waals surface area contributed by atoms with E-state index in [0.717, 1.165) is 12.5 Å². The molecule has 0 unspecified atom stereocenters. The number of nitrogens with zero attached hydrogens (tertiary/aromatic N) is 2. The minimum Gasteiger partial charge on any atom is -0.357 e. The molecule has 0 radical (unpaired) electrons. The van der Waals surface area contributed by atoms with Crippen molar-refractivity contribution in [3.63, 3.8) is 0 Å². The van der Waals surface area contributed by atoms with Gasteiger partial charge < -0.3 is 4.90 Å². The third-order valence-corrected chi connectivity index (χ3v) is 2.81. The van der Waals surface area contributed by atoms with Crippen molar-refractivity contribution >= 4 is 21.7 Å². The van der Waals surface area contributed by atoms with Crippen molar-refractivity contribution in [3.8, 4) is 0 Å². The minimum absolute atomic E-state index is 0.262. The van der Waals surface area contributed by atoms with Crippen molar-refractivity contribution in [3.05, 3.63) is 22.6 Å². The first-order chi connectivity index (χ1) is 6.66. The van der Waals surface area contributed by atoms with Gasteiger partial charge in [-0.05, 0) is 40.8 Å². The second-order valence-corrected chi connectivity index (χ2v) is 4.70. The fourth-order valence-corrected chi connectivity index (χ4v) is 1.77. The molecule has 1 aliphatic rings. The molecule has 1 heterocycles. The van der Waals surface area contributed by atoms with Crippen LogP contribution < -0.4 is 4.90 Å². The maximum Gasteiger partial charge on any atom is 0.166 e. The molecular formula is C10H12BrFN2. The fraction of sp³-hybridized carbons (Fsp3) is 0.500. The van der Waals surface area contributed by atoms with E-state index in [1.54, 1.807) is 6.20 Å². The normalized spacial score (nSPS) is 15.6. The number of hydrogen-bond acceptors (Lipinski definition) is 2. The van der Waals surface area contributed by atoms with Crippen LogP contribution in [0.3, 0.4) is 0 Å². The number of pyridine rings is 1. The summed E-state index contributed by atoms with van der Waals surface area (Å²) in [4.78, 5) is 5.95. The lowest BCUT2D eigenvalue weighted by molar-refractivity contribution is 0.610. The Morgan fingerprint density at radius 3 is 2.93 bits per heavy atom. The van der Waals surface area contributed by atoms with Crippen molar-refractivity contribution in [2.45, 2.75) is 12.8 Å². The molecule has 0 atom stereocenters. The summed E-state index contributed by atoms with van der Waals surface area (Å²) in [6.45, 7) is 0.908. The lowest BCUT2D eigenvalue weighted by atomic mass is 10.3. The summed E-state index contributed by atoms with van der Waals surface area (Å²) in [6.07, 6.45) is 4.16. The van der Waals surface area contributed by atoms with Crippen LogP contribution in [0.2, 0.25) is 0 Å². The molecule has 1 fully saturated rings. The second kappa shape index (κ2) is 3.85. The van der Waals surface area contributed by atoms with E-state index in [-0.39, 0.29) is 5.82 Å². The molecule has 1 aromatic heterocycles. The van der Waals surface area contributed by atoms with Gasteiger partial charge in [-0.3, -0.25) is 0 Å². The molecule has 1 saturated carbocycles. The summed E-state index contributed by atoms with van der Waals surface area (Å²) in [5.41, 5.74) is 0. The summed E-state index contributed by atoms with van der Waals surface area (Å²) < 4.78 is 14.1. The van der Waals surface area contributed by atoms with E-state index in [9.17, 15) is 4.39 Å². The Morgan fingerprint density at radius 2 is 2.36 bits per heavy atom. The molecule has 0 saturated heterocycles. The Labute approximate surface area is 91.3 Å². The third kappa shape index (κ3) is 2.23. The largest absolute Gasteiger partial charge is 0.357 e. The third-order valence-electron chi connectivity index (χ3n) is 2.38. The van der Waals surface area contributed by atoms with Crippen LogP contribution in [0.1, 0.15) is 12.8 Å². The molecule has 0 aliphatic heterocycles. The van der Waals surface area contributed by atoms with E-state index >= 15 is 0 Å². The SMILES string of the molecule is CN(CC1CC1)c1ncc(Br)cc1F. The van der Waals surface area contributed by atoms with E-state index in [1.807, 2.05) is 11.9 Å². The van der Waals surface area contributed by atoms with Crippen LogP contribution in [0.5, 0.6) is 0 Å².